The van der Waals surface area contributed by atoms with Gasteiger partial charge in [0.05, 0.1) is 0 Å². The van der Waals surface area contributed by atoms with Gasteiger partial charge in [0.25, 0.3) is 0 Å². The topological polar surface area (TPSA) is 29.6 Å². The van der Waals surface area contributed by atoms with E-state index < -0.39 is 0 Å². The summed E-state index contributed by atoms with van der Waals surface area (Å²) in [5.74, 6) is 0. The van der Waals surface area contributed by atoms with Gasteiger partial charge in [-0.1, -0.05) is 66.7 Å². The molecule has 26 heavy (non-hydrogen) atoms. The Hall–Kier alpha value is -3.46. The molecule has 0 saturated heterocycles. The Morgan fingerprint density at radius 3 is 1.85 bits per heavy atom. The fraction of sp³-hybridized carbons (Fsp3) is 0.0435. The zero-order valence-electron chi connectivity index (χ0n) is 14.4. The van der Waals surface area contributed by atoms with Gasteiger partial charge < -0.3 is 4.57 Å². The van der Waals surface area contributed by atoms with E-state index in [0.29, 0.717) is 0 Å². The van der Waals surface area contributed by atoms with Crippen molar-refractivity contribution in [2.24, 2.45) is 17.3 Å². The van der Waals surface area contributed by atoms with Crippen molar-refractivity contribution in [3.8, 4) is 11.1 Å². The zero-order chi connectivity index (χ0) is 17.5. The molecule has 0 bridgehead atoms. The molecule has 0 atom stereocenters. The van der Waals surface area contributed by atoms with Gasteiger partial charge in [-0.05, 0) is 34.7 Å². The first-order chi connectivity index (χ1) is 12.8. The fourth-order valence-corrected chi connectivity index (χ4v) is 3.64. The molecule has 0 aliphatic heterocycles. The van der Waals surface area contributed by atoms with E-state index in [1.807, 2.05) is 25.2 Å². The number of aryl methyl sites for hydroxylation is 1. The molecule has 5 rings (SSSR count). The lowest BCUT2D eigenvalue weighted by Crippen LogP contribution is -2.17. The Labute approximate surface area is 151 Å². The van der Waals surface area contributed by atoms with Gasteiger partial charge in [-0.25, -0.2) is 0 Å². The molecular weight excluding hydrogens is 318 g/mol. The molecule has 3 nitrogen and oxygen atoms in total. The van der Waals surface area contributed by atoms with E-state index in [1.54, 1.807) is 0 Å². The minimum absolute atomic E-state index is 0.832. The summed E-state index contributed by atoms with van der Waals surface area (Å²) >= 11 is 0. The predicted octanol–water partition coefficient (Wildman–Crippen LogP) is 4.51. The Kier molecular flexibility index (Phi) is 3.32. The smallest absolute Gasteiger partial charge is 0.155 e. The van der Waals surface area contributed by atoms with Crippen LogP contribution in [0, 0.1) is 0 Å². The number of para-hydroxylation sites is 1. The highest BCUT2D eigenvalue weighted by atomic mass is 15.2. The van der Waals surface area contributed by atoms with Gasteiger partial charge >= 0.3 is 0 Å². The lowest BCUT2D eigenvalue weighted by molar-refractivity contribution is 0.853. The summed E-state index contributed by atoms with van der Waals surface area (Å²) in [6.07, 6.45) is 0. The van der Waals surface area contributed by atoms with Gasteiger partial charge in [0.15, 0.2) is 5.49 Å². The Balaban J connectivity index is 1.73. The zero-order valence-corrected chi connectivity index (χ0v) is 14.4. The maximum atomic E-state index is 4.66. The molecule has 0 spiro atoms. The van der Waals surface area contributed by atoms with Crippen molar-refractivity contribution in [2.45, 2.75) is 0 Å². The second-order valence-electron chi connectivity index (χ2n) is 6.45. The predicted molar refractivity (Wildman–Crippen MR) is 106 cm³/mol. The summed E-state index contributed by atoms with van der Waals surface area (Å²) in [6, 6.07) is 29.2. The van der Waals surface area contributed by atoms with E-state index in [4.69, 9.17) is 0 Å². The molecule has 1 heterocycles. The van der Waals surface area contributed by atoms with Gasteiger partial charge in [-0.3, -0.25) is 0 Å². The minimum Gasteiger partial charge on any atom is -0.327 e. The van der Waals surface area contributed by atoms with Crippen molar-refractivity contribution in [3.63, 3.8) is 0 Å². The van der Waals surface area contributed by atoms with Gasteiger partial charge in [0.1, 0.15) is 5.71 Å². The normalized spacial score (nSPS) is 13.0. The second-order valence-corrected chi connectivity index (χ2v) is 6.45. The average Bonchev–Trinajstić information content (AvgIpc) is 3.02. The van der Waals surface area contributed by atoms with Crippen LogP contribution < -0.4 is 5.49 Å². The first-order valence-electron chi connectivity index (χ1n) is 8.68. The molecule has 0 amide bonds. The molecular formula is C23H17N3. The third kappa shape index (κ3) is 2.21. The van der Waals surface area contributed by atoms with Crippen LogP contribution in [0.15, 0.2) is 95.1 Å². The van der Waals surface area contributed by atoms with Crippen LogP contribution in [0.25, 0.3) is 22.0 Å². The summed E-state index contributed by atoms with van der Waals surface area (Å²) in [6.45, 7) is 0. The van der Waals surface area contributed by atoms with E-state index in [2.05, 4.69) is 81.5 Å². The summed E-state index contributed by atoms with van der Waals surface area (Å²) in [4.78, 5) is 0. The average molecular weight is 335 g/mol. The molecule has 4 aromatic rings. The standard InChI is InChI=1S/C23H17N3/c1-26-21-13-7-2-8-16(21)14-15-22(26)24-25-23-19-11-5-3-9-17(19)18-10-4-6-12-20(18)23/h2-15H,1H3/b24-22-. The van der Waals surface area contributed by atoms with Gasteiger partial charge in [-0.2, -0.15) is 0 Å². The van der Waals surface area contributed by atoms with Gasteiger partial charge in [0, 0.05) is 23.7 Å². The highest BCUT2D eigenvalue weighted by Gasteiger charge is 2.23. The fourth-order valence-electron chi connectivity index (χ4n) is 3.64. The molecule has 0 fully saturated rings. The molecule has 0 unspecified atom stereocenters. The number of nitrogens with zero attached hydrogens (tertiary/aromatic N) is 3. The summed E-state index contributed by atoms with van der Waals surface area (Å²) in [5.41, 5.74) is 7.63. The highest BCUT2D eigenvalue weighted by molar-refractivity contribution is 6.24. The largest absolute Gasteiger partial charge is 0.327 e. The van der Waals surface area contributed by atoms with Crippen LogP contribution in [0.2, 0.25) is 0 Å². The molecule has 1 aliphatic carbocycles. The number of pyridine rings is 1. The summed E-state index contributed by atoms with van der Waals surface area (Å²) < 4.78 is 2.08. The van der Waals surface area contributed by atoms with Crippen LogP contribution in [0.4, 0.5) is 0 Å². The molecule has 1 aliphatic rings. The van der Waals surface area contributed by atoms with Crippen molar-refractivity contribution in [2.75, 3.05) is 0 Å². The van der Waals surface area contributed by atoms with Crippen LogP contribution in [0.5, 0.6) is 0 Å². The monoisotopic (exact) mass is 335 g/mol. The SMILES string of the molecule is Cn1/c(=N\N=C2c3ccccc3-c3ccccc32)ccc2ccccc21. The number of aromatic nitrogens is 1. The van der Waals surface area contributed by atoms with Crippen LogP contribution >= 0.6 is 0 Å². The number of fused-ring (bicyclic) bond motifs is 4. The van der Waals surface area contributed by atoms with E-state index >= 15 is 0 Å². The first kappa shape index (κ1) is 14.8. The second kappa shape index (κ2) is 5.81. The lowest BCUT2D eigenvalue weighted by atomic mass is 10.1. The number of hydrogen-bond acceptors (Lipinski definition) is 2. The molecule has 3 heteroatoms. The highest BCUT2D eigenvalue weighted by Crippen LogP contribution is 2.36. The van der Waals surface area contributed by atoms with Crippen LogP contribution in [0.1, 0.15) is 11.1 Å². The molecule has 3 aromatic carbocycles. The van der Waals surface area contributed by atoms with Gasteiger partial charge in [-0.15, -0.1) is 10.2 Å². The molecule has 1 aromatic heterocycles. The maximum absolute atomic E-state index is 4.66. The Morgan fingerprint density at radius 2 is 1.15 bits per heavy atom. The summed E-state index contributed by atoms with van der Waals surface area (Å²) in [7, 11) is 2.03. The van der Waals surface area contributed by atoms with E-state index in [0.717, 1.165) is 27.8 Å². The van der Waals surface area contributed by atoms with Gasteiger partial charge in [0.2, 0.25) is 0 Å². The first-order valence-corrected chi connectivity index (χ1v) is 8.68. The number of hydrogen-bond donors (Lipinski definition) is 0. The third-order valence-corrected chi connectivity index (χ3v) is 4.96. The molecule has 0 radical (unpaired) electrons. The maximum Gasteiger partial charge on any atom is 0.155 e. The van der Waals surface area contributed by atoms with E-state index in [-0.39, 0.29) is 0 Å². The van der Waals surface area contributed by atoms with Crippen LogP contribution in [-0.2, 0) is 7.05 Å². The van der Waals surface area contributed by atoms with E-state index in [1.165, 1.54) is 16.5 Å². The van der Waals surface area contributed by atoms with Crippen molar-refractivity contribution in [1.82, 2.24) is 4.57 Å². The quantitative estimate of drug-likeness (QED) is 0.403. The van der Waals surface area contributed by atoms with E-state index in [9.17, 15) is 0 Å². The molecule has 0 N–H and O–H groups in total. The van der Waals surface area contributed by atoms with Crippen molar-refractivity contribution in [1.29, 1.82) is 0 Å². The minimum atomic E-state index is 0.832. The molecule has 0 saturated carbocycles. The lowest BCUT2D eigenvalue weighted by Gasteiger charge is -2.05. The third-order valence-electron chi connectivity index (χ3n) is 4.96. The molecule has 124 valence electrons. The van der Waals surface area contributed by atoms with Crippen molar-refractivity contribution < 1.29 is 0 Å². The Morgan fingerprint density at radius 1 is 0.577 bits per heavy atom. The summed E-state index contributed by atoms with van der Waals surface area (Å²) in [5, 5.41) is 10.4. The van der Waals surface area contributed by atoms with Crippen molar-refractivity contribution >= 4 is 16.6 Å². The Bertz CT molecular complexity index is 1200. The number of benzene rings is 3. The van der Waals surface area contributed by atoms with Crippen molar-refractivity contribution in [3.05, 3.63) is 102 Å². The van der Waals surface area contributed by atoms with Crippen LogP contribution in [0.3, 0.4) is 0 Å². The van der Waals surface area contributed by atoms with Crippen LogP contribution in [-0.4, -0.2) is 10.3 Å². The number of rotatable bonds is 1.